The summed E-state index contributed by atoms with van der Waals surface area (Å²) in [5.74, 6) is -7.80. The van der Waals surface area contributed by atoms with E-state index in [0.717, 1.165) is 33.8 Å². The fourth-order valence-corrected chi connectivity index (χ4v) is 9.40. The quantitative estimate of drug-likeness (QED) is 0.118. The molecule has 4 aromatic rings. The predicted molar refractivity (Wildman–Crippen MR) is 194 cm³/mol. The Morgan fingerprint density at radius 2 is 0.741 bits per heavy atom. The molecule has 254 valence electrons. The molecule has 54 heavy (non-hydrogen) atoms. The molecule has 0 amide bonds. The Kier molecular flexibility index (Phi) is 8.86. The second-order valence-electron chi connectivity index (χ2n) is 11.6. The monoisotopic (exact) mass is 746 g/mol. The number of thiophene rings is 2. The van der Waals surface area contributed by atoms with Crippen LogP contribution in [0.1, 0.15) is 32.0 Å². The van der Waals surface area contributed by atoms with E-state index in [4.69, 9.17) is 26.3 Å². The predicted octanol–water partition coefficient (Wildman–Crippen LogP) is 11.3. The van der Waals surface area contributed by atoms with Crippen LogP contribution in [-0.2, 0) is 0 Å². The zero-order valence-corrected chi connectivity index (χ0v) is 29.2. The first kappa shape index (κ1) is 36.2. The van der Waals surface area contributed by atoms with Crippen molar-refractivity contribution in [3.63, 3.8) is 0 Å². The van der Waals surface area contributed by atoms with Crippen LogP contribution >= 0.6 is 22.7 Å². The van der Waals surface area contributed by atoms with Crippen molar-refractivity contribution in [2.24, 2.45) is 0 Å². The summed E-state index contributed by atoms with van der Waals surface area (Å²) < 4.78 is 62.9. The van der Waals surface area contributed by atoms with Gasteiger partial charge in [-0.05, 0) is 58.4 Å². The molecule has 2 aliphatic carbocycles. The van der Waals surface area contributed by atoms with Gasteiger partial charge in [-0.1, -0.05) is 48.5 Å². The zero-order chi connectivity index (χ0) is 39.3. The smallest absolute Gasteiger partial charge is 0.226 e. The first-order chi connectivity index (χ1) is 25.8. The molecular formula is C40H14F4N8S2. The molecule has 0 saturated heterocycles. The van der Waals surface area contributed by atoms with E-state index < -0.39 is 56.9 Å². The van der Waals surface area contributed by atoms with Gasteiger partial charge < -0.3 is 0 Å². The fraction of sp³-hybridized carbons (Fsp3) is 0.100. The van der Waals surface area contributed by atoms with Gasteiger partial charge in [0.1, 0.15) is 0 Å². The SMILES string of the molecule is [C-]#[N+]/C(C#N)=C1/c2c(sc(-c3ccc(-c4ccc(-c5sc6c(c5C)/C(=C(/C#N)[N+]#[C-])C(F)(F)/C6=C(\C#N)[N+]#[C-])cc4)cc3)c2C)/C(=C(\C#N)[N+]#[C-])C1(F)F. The van der Waals surface area contributed by atoms with E-state index in [1.54, 1.807) is 62.4 Å². The summed E-state index contributed by atoms with van der Waals surface area (Å²) in [5.41, 5.74) is -3.24. The van der Waals surface area contributed by atoms with Gasteiger partial charge in [0.05, 0.1) is 72.9 Å². The van der Waals surface area contributed by atoms with Crippen LogP contribution in [0, 0.1) is 85.5 Å². The van der Waals surface area contributed by atoms with Gasteiger partial charge in [0.2, 0.25) is 0 Å². The molecule has 8 nitrogen and oxygen atoms in total. The molecule has 0 fully saturated rings. The van der Waals surface area contributed by atoms with Crippen LogP contribution in [0.15, 0.2) is 71.3 Å². The summed E-state index contributed by atoms with van der Waals surface area (Å²) in [6.45, 7) is 32.5. The number of nitrogens with zero attached hydrogens (tertiary/aromatic N) is 8. The molecule has 0 N–H and O–H groups in total. The molecule has 0 radical (unpaired) electrons. The van der Waals surface area contributed by atoms with Gasteiger partial charge in [-0.15, -0.1) is 22.7 Å². The second-order valence-corrected chi connectivity index (χ2v) is 13.7. The average Bonchev–Trinajstić information content (AvgIpc) is 3.81. The van der Waals surface area contributed by atoms with Gasteiger partial charge in [0.15, 0.2) is 0 Å². The van der Waals surface area contributed by atoms with Gasteiger partial charge in [-0.3, -0.25) is 0 Å². The molecule has 0 spiro atoms. The molecule has 6 rings (SSSR count). The fourth-order valence-electron chi connectivity index (χ4n) is 6.60. The lowest BCUT2D eigenvalue weighted by molar-refractivity contribution is 0.137. The van der Waals surface area contributed by atoms with E-state index in [9.17, 15) is 21.0 Å². The Morgan fingerprint density at radius 1 is 0.481 bits per heavy atom. The molecule has 2 heterocycles. The van der Waals surface area contributed by atoms with E-state index in [2.05, 4.69) is 19.4 Å². The van der Waals surface area contributed by atoms with Crippen LogP contribution in [0.5, 0.6) is 0 Å². The van der Waals surface area contributed by atoms with E-state index in [1.807, 2.05) is 0 Å². The number of benzene rings is 2. The second kappa shape index (κ2) is 13.2. The third kappa shape index (κ3) is 5.08. The Balaban J connectivity index is 1.40. The van der Waals surface area contributed by atoms with Crippen molar-refractivity contribution in [3.05, 3.63) is 149 Å². The Morgan fingerprint density at radius 3 is 1.00 bits per heavy atom. The number of hydrogen-bond donors (Lipinski definition) is 0. The van der Waals surface area contributed by atoms with Crippen molar-refractivity contribution in [1.29, 1.82) is 21.0 Å². The molecule has 0 unspecified atom stereocenters. The van der Waals surface area contributed by atoms with Crippen LogP contribution < -0.4 is 0 Å². The van der Waals surface area contributed by atoms with E-state index in [1.165, 1.54) is 24.3 Å². The Bertz CT molecular complexity index is 2600. The normalized spacial score (nSPS) is 18.1. The van der Waals surface area contributed by atoms with Crippen LogP contribution in [0.25, 0.3) is 73.7 Å². The summed E-state index contributed by atoms with van der Waals surface area (Å²) in [6, 6.07) is 20.3. The standard InChI is InChI=1S/C40H14F4N8S2/c1-19-29-31(25(15-45)49-3)39(41,42)33(27(17-47)51-5)37(29)53-35(19)23-11-7-21(8-12-23)22-9-13-24(14-10-22)36-20(2)30-32(26(16-46)50-4)40(43,44)34(38(30)54-36)28(18-48)52-6/h7-14H,1-2H3/b31-25-,32-26+,33-27-,34-28+. The molecule has 2 aromatic carbocycles. The Hall–Kier alpha value is -7.56. The molecule has 0 aliphatic heterocycles. The zero-order valence-electron chi connectivity index (χ0n) is 27.5. The molecule has 0 saturated carbocycles. The van der Waals surface area contributed by atoms with Gasteiger partial charge in [0.25, 0.3) is 34.6 Å². The van der Waals surface area contributed by atoms with Gasteiger partial charge in [0, 0.05) is 19.5 Å². The number of halogens is 4. The maximum atomic E-state index is 15.7. The van der Waals surface area contributed by atoms with Crippen molar-refractivity contribution in [2.75, 3.05) is 0 Å². The van der Waals surface area contributed by atoms with E-state index in [0.29, 0.717) is 32.0 Å². The highest BCUT2D eigenvalue weighted by Crippen LogP contribution is 2.61. The highest BCUT2D eigenvalue weighted by atomic mass is 32.1. The van der Waals surface area contributed by atoms with Gasteiger partial charge in [-0.25, -0.2) is 40.4 Å². The minimum absolute atomic E-state index is 0.0433. The van der Waals surface area contributed by atoms with E-state index >= 15 is 17.6 Å². The van der Waals surface area contributed by atoms with E-state index in [-0.39, 0.29) is 20.9 Å². The molecular weight excluding hydrogens is 733 g/mol. The number of allylic oxidation sites excluding steroid dienone is 8. The number of fused-ring (bicyclic) bond motifs is 2. The van der Waals surface area contributed by atoms with Crippen molar-refractivity contribution < 1.29 is 17.6 Å². The first-order valence-corrected chi connectivity index (χ1v) is 16.8. The number of rotatable bonds is 3. The summed E-state index contributed by atoms with van der Waals surface area (Å²) in [6.07, 6.45) is 0. The third-order valence-corrected chi connectivity index (χ3v) is 11.7. The number of nitriles is 4. The highest BCUT2D eigenvalue weighted by Gasteiger charge is 2.54. The third-order valence-electron chi connectivity index (χ3n) is 8.95. The Labute approximate surface area is 313 Å². The molecule has 0 bridgehead atoms. The lowest BCUT2D eigenvalue weighted by Gasteiger charge is -2.16. The average molecular weight is 747 g/mol. The number of alkyl halides is 4. The van der Waals surface area contributed by atoms with Crippen LogP contribution in [-0.4, -0.2) is 11.8 Å². The number of hydrogen-bond acceptors (Lipinski definition) is 6. The van der Waals surface area contributed by atoms with Crippen molar-refractivity contribution in [1.82, 2.24) is 0 Å². The van der Waals surface area contributed by atoms with Crippen LogP contribution in [0.2, 0.25) is 0 Å². The maximum Gasteiger partial charge on any atom is 0.284 e. The van der Waals surface area contributed by atoms with Crippen molar-refractivity contribution >= 4 is 45.0 Å². The first-order valence-electron chi connectivity index (χ1n) is 15.1. The highest BCUT2D eigenvalue weighted by molar-refractivity contribution is 7.17. The summed E-state index contributed by atoms with van der Waals surface area (Å²) >= 11 is 1.87. The summed E-state index contributed by atoms with van der Waals surface area (Å²) in [4.78, 5) is 13.0. The van der Waals surface area contributed by atoms with Crippen LogP contribution in [0.4, 0.5) is 17.6 Å². The lowest BCUT2D eigenvalue weighted by Crippen LogP contribution is -2.16. The lowest BCUT2D eigenvalue weighted by atomic mass is 9.97. The summed E-state index contributed by atoms with van der Waals surface area (Å²) in [5, 5.41) is 38.0. The minimum Gasteiger partial charge on any atom is -0.226 e. The van der Waals surface area contributed by atoms with Gasteiger partial charge >= 0.3 is 0 Å². The molecule has 0 atom stereocenters. The van der Waals surface area contributed by atoms with Crippen molar-refractivity contribution in [2.45, 2.75) is 25.7 Å². The van der Waals surface area contributed by atoms with Crippen LogP contribution in [0.3, 0.4) is 0 Å². The minimum atomic E-state index is -3.90. The molecule has 2 aliphatic rings. The maximum absolute atomic E-state index is 15.7. The van der Waals surface area contributed by atoms with Gasteiger partial charge in [-0.2, -0.15) is 17.6 Å². The molecule has 2 aromatic heterocycles. The van der Waals surface area contributed by atoms with Crippen molar-refractivity contribution in [3.8, 4) is 56.3 Å². The topological polar surface area (TPSA) is 113 Å². The molecule has 14 heteroatoms. The largest absolute Gasteiger partial charge is 0.284 e. The summed E-state index contributed by atoms with van der Waals surface area (Å²) in [7, 11) is 0.